The summed E-state index contributed by atoms with van der Waals surface area (Å²) >= 11 is 4.29. The minimum absolute atomic E-state index is 0.0474. The van der Waals surface area contributed by atoms with Gasteiger partial charge in [0.1, 0.15) is 11.7 Å². The van der Waals surface area contributed by atoms with Crippen LogP contribution in [0.15, 0.2) is 28.7 Å². The third kappa shape index (κ3) is 2.46. The van der Waals surface area contributed by atoms with Crippen LogP contribution >= 0.6 is 12.6 Å². The van der Waals surface area contributed by atoms with Gasteiger partial charge in [-0.15, -0.1) is 0 Å². The molecule has 0 aliphatic heterocycles. The lowest BCUT2D eigenvalue weighted by Crippen LogP contribution is -2.23. The van der Waals surface area contributed by atoms with Gasteiger partial charge in [-0.2, -0.15) is 17.9 Å². The Bertz CT molecular complexity index is 595. The normalized spacial score (nSPS) is 11.4. The van der Waals surface area contributed by atoms with E-state index in [0.717, 1.165) is 5.39 Å². The molecule has 3 nitrogen and oxygen atoms in total. The second-order valence-electron chi connectivity index (χ2n) is 4.98. The molecule has 2 rings (SSSR count). The van der Waals surface area contributed by atoms with Gasteiger partial charge in [0.15, 0.2) is 5.75 Å². The van der Waals surface area contributed by atoms with Crippen LogP contribution in [0.25, 0.3) is 11.0 Å². The van der Waals surface area contributed by atoms with Crippen molar-refractivity contribution < 1.29 is 9.15 Å². The van der Waals surface area contributed by atoms with Gasteiger partial charge in [-0.1, -0.05) is 26.0 Å². The lowest BCUT2D eigenvalue weighted by Gasteiger charge is -2.21. The van der Waals surface area contributed by atoms with Crippen LogP contribution in [0.1, 0.15) is 19.6 Å². The lowest BCUT2D eigenvalue weighted by atomic mass is 9.98. The number of fused-ring (bicyclic) bond motifs is 1. The molecule has 0 unspecified atom stereocenters. The number of nitrogens with zero attached hydrogens (tertiary/aromatic N) is 1. The van der Waals surface area contributed by atoms with Gasteiger partial charge in [0.25, 0.3) is 0 Å². The molecule has 18 heavy (non-hydrogen) atoms. The molecule has 0 saturated carbocycles. The molecule has 0 aliphatic carbocycles. The number of rotatable bonds is 4. The summed E-state index contributed by atoms with van der Waals surface area (Å²) in [5, 5.41) is 9.90. The van der Waals surface area contributed by atoms with Gasteiger partial charge >= 0.3 is 0 Å². The fraction of sp³-hybridized carbons (Fsp3) is 0.357. The quantitative estimate of drug-likeness (QED) is 0.855. The molecule has 1 heterocycles. The van der Waals surface area contributed by atoms with Crippen molar-refractivity contribution in [3.05, 3.63) is 30.0 Å². The average molecular weight is 261 g/mol. The van der Waals surface area contributed by atoms with Crippen LogP contribution in [0.4, 0.5) is 0 Å². The molecule has 4 heteroatoms. The van der Waals surface area contributed by atoms with E-state index >= 15 is 0 Å². The third-order valence-electron chi connectivity index (χ3n) is 2.69. The zero-order chi connectivity index (χ0) is 13.2. The molecule has 0 atom stereocenters. The SMILES string of the molecule is CC(C)(CS)COc1c(C#N)oc2ccccc12. The second kappa shape index (κ2) is 4.95. The van der Waals surface area contributed by atoms with Gasteiger partial charge in [0, 0.05) is 5.41 Å². The summed E-state index contributed by atoms with van der Waals surface area (Å²) in [6, 6.07) is 9.51. The van der Waals surface area contributed by atoms with Crippen molar-refractivity contribution in [2.45, 2.75) is 13.8 Å². The third-order valence-corrected chi connectivity index (χ3v) is 3.54. The molecule has 0 bridgehead atoms. The topological polar surface area (TPSA) is 46.2 Å². The zero-order valence-corrected chi connectivity index (χ0v) is 11.3. The molecule has 0 aliphatic rings. The maximum absolute atomic E-state index is 9.07. The van der Waals surface area contributed by atoms with Crippen LogP contribution in [-0.4, -0.2) is 12.4 Å². The molecular weight excluding hydrogens is 246 g/mol. The van der Waals surface area contributed by atoms with E-state index in [4.69, 9.17) is 14.4 Å². The highest BCUT2D eigenvalue weighted by Gasteiger charge is 2.21. The Kier molecular flexibility index (Phi) is 3.53. The predicted octanol–water partition coefficient (Wildman–Crippen LogP) is 3.64. The van der Waals surface area contributed by atoms with E-state index in [2.05, 4.69) is 26.5 Å². The Morgan fingerprint density at radius 3 is 2.78 bits per heavy atom. The van der Waals surface area contributed by atoms with E-state index < -0.39 is 0 Å². The fourth-order valence-electron chi connectivity index (χ4n) is 1.55. The van der Waals surface area contributed by atoms with Crippen molar-refractivity contribution in [2.75, 3.05) is 12.4 Å². The number of benzene rings is 1. The summed E-state index contributed by atoms with van der Waals surface area (Å²) < 4.78 is 11.2. The van der Waals surface area contributed by atoms with E-state index in [1.165, 1.54) is 0 Å². The van der Waals surface area contributed by atoms with Crippen LogP contribution in [-0.2, 0) is 0 Å². The Labute approximate surface area is 112 Å². The van der Waals surface area contributed by atoms with Crippen molar-refractivity contribution in [3.63, 3.8) is 0 Å². The highest BCUT2D eigenvalue weighted by molar-refractivity contribution is 7.80. The summed E-state index contributed by atoms with van der Waals surface area (Å²) in [6.07, 6.45) is 0. The first-order valence-electron chi connectivity index (χ1n) is 5.73. The largest absolute Gasteiger partial charge is 0.488 e. The van der Waals surface area contributed by atoms with E-state index in [1.807, 2.05) is 30.3 Å². The Morgan fingerprint density at radius 1 is 1.39 bits per heavy atom. The number of nitriles is 1. The number of furan rings is 1. The second-order valence-corrected chi connectivity index (χ2v) is 5.30. The molecule has 2 aromatic rings. The Balaban J connectivity index is 2.35. The molecular formula is C14H15NO2S. The molecule has 94 valence electrons. The van der Waals surface area contributed by atoms with Crippen LogP contribution in [0, 0.1) is 16.7 Å². The van der Waals surface area contributed by atoms with Gasteiger partial charge in [0.05, 0.1) is 12.0 Å². The maximum atomic E-state index is 9.07. The van der Waals surface area contributed by atoms with Crippen LogP contribution in [0.5, 0.6) is 5.75 Å². The molecule has 1 aromatic heterocycles. The van der Waals surface area contributed by atoms with Crippen molar-refractivity contribution in [3.8, 4) is 11.8 Å². The van der Waals surface area contributed by atoms with Crippen molar-refractivity contribution in [1.82, 2.24) is 0 Å². The Hall–Kier alpha value is -1.60. The summed E-state index contributed by atoms with van der Waals surface area (Å²) in [5.74, 6) is 1.47. The first kappa shape index (κ1) is 12.8. The van der Waals surface area contributed by atoms with E-state index in [0.29, 0.717) is 23.7 Å². The minimum atomic E-state index is -0.0474. The van der Waals surface area contributed by atoms with Crippen LogP contribution in [0.2, 0.25) is 0 Å². The lowest BCUT2D eigenvalue weighted by molar-refractivity contribution is 0.202. The van der Waals surface area contributed by atoms with Gasteiger partial charge in [-0.05, 0) is 17.9 Å². The Morgan fingerprint density at radius 2 is 2.11 bits per heavy atom. The van der Waals surface area contributed by atoms with Crippen LogP contribution < -0.4 is 4.74 Å². The molecule has 0 saturated heterocycles. The fourth-order valence-corrected chi connectivity index (χ4v) is 1.64. The smallest absolute Gasteiger partial charge is 0.246 e. The van der Waals surface area contributed by atoms with Crippen molar-refractivity contribution >= 4 is 23.6 Å². The molecule has 0 spiro atoms. The zero-order valence-electron chi connectivity index (χ0n) is 10.4. The summed E-state index contributed by atoms with van der Waals surface area (Å²) in [5.41, 5.74) is 0.626. The summed E-state index contributed by atoms with van der Waals surface area (Å²) in [4.78, 5) is 0. The van der Waals surface area contributed by atoms with Crippen molar-refractivity contribution in [2.24, 2.45) is 5.41 Å². The number of para-hydroxylation sites is 1. The van der Waals surface area contributed by atoms with E-state index in [9.17, 15) is 0 Å². The monoisotopic (exact) mass is 261 g/mol. The molecule has 0 amide bonds. The highest BCUT2D eigenvalue weighted by atomic mass is 32.1. The molecule has 0 N–H and O–H groups in total. The van der Waals surface area contributed by atoms with Crippen LogP contribution in [0.3, 0.4) is 0 Å². The van der Waals surface area contributed by atoms with E-state index in [-0.39, 0.29) is 11.2 Å². The summed E-state index contributed by atoms with van der Waals surface area (Å²) in [6.45, 7) is 4.62. The first-order valence-corrected chi connectivity index (χ1v) is 6.36. The number of hydrogen-bond acceptors (Lipinski definition) is 4. The average Bonchev–Trinajstić information content (AvgIpc) is 2.74. The van der Waals surface area contributed by atoms with Gasteiger partial charge in [-0.3, -0.25) is 0 Å². The van der Waals surface area contributed by atoms with E-state index in [1.54, 1.807) is 0 Å². The molecule has 0 radical (unpaired) electrons. The van der Waals surface area contributed by atoms with Gasteiger partial charge < -0.3 is 9.15 Å². The van der Waals surface area contributed by atoms with Gasteiger partial charge in [0.2, 0.25) is 5.76 Å². The highest BCUT2D eigenvalue weighted by Crippen LogP contribution is 2.33. The molecule has 0 fully saturated rings. The summed E-state index contributed by atoms with van der Waals surface area (Å²) in [7, 11) is 0. The van der Waals surface area contributed by atoms with Crippen molar-refractivity contribution in [1.29, 1.82) is 5.26 Å². The number of ether oxygens (including phenoxy) is 1. The minimum Gasteiger partial charge on any atom is -0.488 e. The number of thiol groups is 1. The first-order chi connectivity index (χ1) is 8.57. The number of hydrogen-bond donors (Lipinski definition) is 1. The maximum Gasteiger partial charge on any atom is 0.246 e. The standard InChI is InChI=1S/C14H15NO2S/c1-14(2,9-18)8-16-13-10-5-3-4-6-11(10)17-12(13)7-15/h3-6,18H,8-9H2,1-2H3. The van der Waals surface area contributed by atoms with Gasteiger partial charge in [-0.25, -0.2) is 0 Å². The molecule has 1 aromatic carbocycles. The predicted molar refractivity (Wildman–Crippen MR) is 74.1 cm³/mol.